The molecule has 4 nitrogen and oxygen atoms in total. The molecule has 0 radical (unpaired) electrons. The highest BCUT2D eigenvalue weighted by Gasteiger charge is 2.03. The fourth-order valence-corrected chi connectivity index (χ4v) is 0.489. The minimum Gasteiger partial charge on any atom is -0.388 e. The van der Waals surface area contributed by atoms with Gasteiger partial charge < -0.3 is 10.6 Å². The van der Waals surface area contributed by atoms with Crippen LogP contribution in [0.2, 0.25) is 0 Å². The molecule has 0 fully saturated rings. The zero-order valence-corrected chi connectivity index (χ0v) is 7.29. The Morgan fingerprint density at radius 1 is 1.64 bits per heavy atom. The second kappa shape index (κ2) is 4.71. The number of hydrogen-bond acceptors (Lipinski definition) is 2. The topological polar surface area (TPSA) is 58.7 Å². The molecular weight excluding hydrogens is 142 g/mol. The highest BCUT2D eigenvalue weighted by atomic mass is 16.2. The summed E-state index contributed by atoms with van der Waals surface area (Å²) in [6.07, 6.45) is 0. The van der Waals surface area contributed by atoms with Crippen LogP contribution < -0.4 is 5.73 Å². The van der Waals surface area contributed by atoms with Gasteiger partial charge in [-0.3, -0.25) is 9.79 Å². The Hall–Kier alpha value is -1.06. The van der Waals surface area contributed by atoms with E-state index in [1.165, 1.54) is 0 Å². The Morgan fingerprint density at radius 2 is 2.18 bits per heavy atom. The van der Waals surface area contributed by atoms with Crippen LogP contribution in [-0.2, 0) is 4.79 Å². The maximum Gasteiger partial charge on any atom is 0.244 e. The summed E-state index contributed by atoms with van der Waals surface area (Å²) in [5, 5.41) is 0. The van der Waals surface area contributed by atoms with Crippen LogP contribution in [0.5, 0.6) is 0 Å². The van der Waals surface area contributed by atoms with Crippen molar-refractivity contribution in [1.82, 2.24) is 4.90 Å². The summed E-state index contributed by atoms with van der Waals surface area (Å²) in [6, 6.07) is 0. The van der Waals surface area contributed by atoms with Gasteiger partial charge >= 0.3 is 0 Å². The summed E-state index contributed by atoms with van der Waals surface area (Å²) in [7, 11) is 1.74. The molecule has 11 heavy (non-hydrogen) atoms. The smallest absolute Gasteiger partial charge is 0.244 e. The third-order valence-corrected chi connectivity index (χ3v) is 1.36. The summed E-state index contributed by atoms with van der Waals surface area (Å²) in [4.78, 5) is 16.4. The van der Waals surface area contributed by atoms with Gasteiger partial charge in [0.2, 0.25) is 5.91 Å². The summed E-state index contributed by atoms with van der Waals surface area (Å²) < 4.78 is 0. The maximum atomic E-state index is 11.0. The predicted octanol–water partition coefficient (Wildman–Crippen LogP) is -0.158. The van der Waals surface area contributed by atoms with E-state index in [1.807, 2.05) is 6.92 Å². The number of carbonyl (C=O) groups excluding carboxylic acids is 1. The van der Waals surface area contributed by atoms with Gasteiger partial charge in [-0.15, -0.1) is 0 Å². The largest absolute Gasteiger partial charge is 0.388 e. The van der Waals surface area contributed by atoms with Crippen molar-refractivity contribution in [2.75, 3.05) is 20.1 Å². The van der Waals surface area contributed by atoms with E-state index in [-0.39, 0.29) is 12.5 Å². The van der Waals surface area contributed by atoms with Crippen LogP contribution in [-0.4, -0.2) is 36.8 Å². The lowest BCUT2D eigenvalue weighted by atomic mass is 10.5. The van der Waals surface area contributed by atoms with Crippen LogP contribution >= 0.6 is 0 Å². The minimum absolute atomic E-state index is 0.00250. The maximum absolute atomic E-state index is 11.0. The van der Waals surface area contributed by atoms with Gasteiger partial charge in [0.25, 0.3) is 0 Å². The quantitative estimate of drug-likeness (QED) is 0.457. The van der Waals surface area contributed by atoms with Crippen LogP contribution in [0.1, 0.15) is 13.8 Å². The highest BCUT2D eigenvalue weighted by molar-refractivity contribution is 5.83. The number of nitrogens with two attached hydrogens (primary N) is 1. The molecule has 1 amide bonds. The van der Waals surface area contributed by atoms with E-state index in [1.54, 1.807) is 18.9 Å². The third-order valence-electron chi connectivity index (χ3n) is 1.36. The molecule has 0 spiro atoms. The minimum atomic E-state index is -0.00250. The van der Waals surface area contributed by atoms with E-state index in [0.717, 1.165) is 0 Å². The summed E-state index contributed by atoms with van der Waals surface area (Å²) in [5.41, 5.74) is 5.26. The van der Waals surface area contributed by atoms with Crippen molar-refractivity contribution in [3.8, 4) is 0 Å². The lowest BCUT2D eigenvalue weighted by Crippen LogP contribution is -2.29. The van der Waals surface area contributed by atoms with Crippen LogP contribution in [0.15, 0.2) is 4.99 Å². The zero-order chi connectivity index (χ0) is 8.85. The van der Waals surface area contributed by atoms with Gasteiger partial charge in [0.1, 0.15) is 6.54 Å². The van der Waals surface area contributed by atoms with E-state index in [9.17, 15) is 4.79 Å². The van der Waals surface area contributed by atoms with Gasteiger partial charge in [0, 0.05) is 13.6 Å². The molecule has 0 aromatic rings. The van der Waals surface area contributed by atoms with Crippen LogP contribution in [0.25, 0.3) is 0 Å². The second-order valence-electron chi connectivity index (χ2n) is 2.37. The molecule has 0 rings (SSSR count). The summed E-state index contributed by atoms with van der Waals surface area (Å²) >= 11 is 0. The fourth-order valence-electron chi connectivity index (χ4n) is 0.489. The lowest BCUT2D eigenvalue weighted by Gasteiger charge is -2.12. The number of hydrogen-bond donors (Lipinski definition) is 1. The molecule has 2 N–H and O–H groups in total. The average molecular weight is 157 g/mol. The first kappa shape index (κ1) is 9.94. The molecule has 0 bridgehead atoms. The molecule has 0 unspecified atom stereocenters. The Labute approximate surface area is 67.1 Å². The molecule has 0 saturated heterocycles. The summed E-state index contributed by atoms with van der Waals surface area (Å²) in [6.45, 7) is 4.45. The molecule has 0 heterocycles. The first-order chi connectivity index (χ1) is 5.07. The van der Waals surface area contributed by atoms with Gasteiger partial charge in [-0.05, 0) is 13.8 Å². The standard InChI is InChI=1S/C7H15N3O/c1-4-10(3)7(11)5-9-6(2)8/h4-5H2,1-3H3,(H2,8,9). The zero-order valence-electron chi connectivity index (χ0n) is 7.29. The lowest BCUT2D eigenvalue weighted by molar-refractivity contribution is -0.128. The molecule has 0 aromatic heterocycles. The number of rotatable bonds is 3. The average Bonchev–Trinajstić information content (AvgIpc) is 1.98. The van der Waals surface area contributed by atoms with Gasteiger partial charge in [0.15, 0.2) is 0 Å². The molecule has 0 aliphatic carbocycles. The predicted molar refractivity (Wildman–Crippen MR) is 45.5 cm³/mol. The van der Waals surface area contributed by atoms with Gasteiger partial charge in [0.05, 0.1) is 5.84 Å². The van der Waals surface area contributed by atoms with E-state index in [0.29, 0.717) is 12.4 Å². The highest BCUT2D eigenvalue weighted by Crippen LogP contribution is 1.84. The van der Waals surface area contributed by atoms with Crippen molar-refractivity contribution in [1.29, 1.82) is 0 Å². The number of amides is 1. The van der Waals surface area contributed by atoms with Gasteiger partial charge in [-0.2, -0.15) is 0 Å². The number of nitrogens with zero attached hydrogens (tertiary/aromatic N) is 2. The van der Waals surface area contributed by atoms with E-state index >= 15 is 0 Å². The first-order valence-corrected chi connectivity index (χ1v) is 3.58. The number of aliphatic imine (C=N–C) groups is 1. The normalized spacial score (nSPS) is 11.4. The molecule has 0 aliphatic rings. The SMILES string of the molecule is CCN(C)C(=O)CN=C(C)N. The third kappa shape index (κ3) is 4.36. The molecule has 0 aliphatic heterocycles. The van der Waals surface area contributed by atoms with E-state index in [4.69, 9.17) is 5.73 Å². The van der Waals surface area contributed by atoms with Crippen molar-refractivity contribution >= 4 is 11.7 Å². The Kier molecular flexibility index (Phi) is 4.26. The van der Waals surface area contributed by atoms with E-state index < -0.39 is 0 Å². The molecule has 0 aromatic carbocycles. The Morgan fingerprint density at radius 3 is 2.55 bits per heavy atom. The molecule has 0 atom stereocenters. The van der Waals surface area contributed by atoms with Crippen molar-refractivity contribution in [2.45, 2.75) is 13.8 Å². The fraction of sp³-hybridized carbons (Fsp3) is 0.714. The molecule has 64 valence electrons. The van der Waals surface area contributed by atoms with Crippen LogP contribution in [0.4, 0.5) is 0 Å². The van der Waals surface area contributed by atoms with Crippen molar-refractivity contribution in [2.24, 2.45) is 10.7 Å². The second-order valence-corrected chi connectivity index (χ2v) is 2.37. The van der Waals surface area contributed by atoms with Crippen LogP contribution in [0, 0.1) is 0 Å². The van der Waals surface area contributed by atoms with Crippen molar-refractivity contribution < 1.29 is 4.79 Å². The number of carbonyl (C=O) groups is 1. The van der Waals surface area contributed by atoms with Gasteiger partial charge in [-0.1, -0.05) is 0 Å². The number of likely N-dealkylation sites (N-methyl/N-ethyl adjacent to an activating group) is 1. The first-order valence-electron chi connectivity index (χ1n) is 3.58. The Bertz CT molecular complexity index is 161. The summed E-state index contributed by atoms with van der Waals surface area (Å²) in [5.74, 6) is 0.445. The van der Waals surface area contributed by atoms with Gasteiger partial charge in [-0.25, -0.2) is 0 Å². The monoisotopic (exact) mass is 157 g/mol. The molecule has 4 heteroatoms. The van der Waals surface area contributed by atoms with Crippen molar-refractivity contribution in [3.05, 3.63) is 0 Å². The number of amidine groups is 1. The van der Waals surface area contributed by atoms with Crippen molar-refractivity contribution in [3.63, 3.8) is 0 Å². The Balaban J connectivity index is 3.79. The molecule has 0 saturated carbocycles. The molecular formula is C7H15N3O. The van der Waals surface area contributed by atoms with E-state index in [2.05, 4.69) is 4.99 Å². The van der Waals surface area contributed by atoms with Crippen LogP contribution in [0.3, 0.4) is 0 Å².